The average Bonchev–Trinajstić information content (AvgIpc) is 3.38. The van der Waals surface area contributed by atoms with Gasteiger partial charge in [0.25, 0.3) is 5.91 Å². The molecule has 2 aliphatic rings. The molecule has 9 heteroatoms. The first-order chi connectivity index (χ1) is 17.6. The van der Waals surface area contributed by atoms with Crippen LogP contribution in [-0.2, 0) is 16.0 Å². The lowest BCUT2D eigenvalue weighted by atomic mass is 10.0. The Morgan fingerprint density at radius 2 is 1.76 bits per heavy atom. The first-order valence-corrected chi connectivity index (χ1v) is 12.8. The fraction of sp³-hybridized carbons (Fsp3) is 0.500. The second-order valence-electron chi connectivity index (χ2n) is 8.89. The van der Waals surface area contributed by atoms with Gasteiger partial charge in [0.1, 0.15) is 5.75 Å². The molecule has 0 unspecified atom stereocenters. The number of amides is 2. The zero-order valence-corrected chi connectivity index (χ0v) is 23.3. The van der Waals surface area contributed by atoms with Gasteiger partial charge >= 0.3 is 0 Å². The van der Waals surface area contributed by atoms with Crippen LogP contribution < -0.4 is 10.1 Å². The maximum atomic E-state index is 12.9. The number of carbonyl (C=O) groups excluding carboxylic acids is 2. The highest BCUT2D eigenvalue weighted by Gasteiger charge is 2.26. The van der Waals surface area contributed by atoms with E-state index in [-0.39, 0.29) is 11.8 Å². The standard InChI is InChI=1S/C26H36N6O3.C2H6/c1-17(8-10-27-22(6)33)19(3)29-30(7)26(34)21(5)32-13-11-31(12-14-32)20(4)25-18(2)23-9-15-35-24(23)16-28-25;1-2/h16H,1,4-5,8-15H2,2-3,6-7H3,(H,27,33);1-2H3/b29-19+;. The third-order valence-electron chi connectivity index (χ3n) is 6.50. The molecule has 1 saturated heterocycles. The third kappa shape index (κ3) is 7.44. The summed E-state index contributed by atoms with van der Waals surface area (Å²) in [5.41, 5.74) is 5.94. The molecule has 0 bridgehead atoms. The van der Waals surface area contributed by atoms with Crippen molar-refractivity contribution >= 4 is 23.2 Å². The number of hydrogen-bond donors (Lipinski definition) is 1. The predicted molar refractivity (Wildman–Crippen MR) is 149 cm³/mol. The molecule has 0 saturated carbocycles. The Bertz CT molecular complexity index is 1070. The molecule has 9 nitrogen and oxygen atoms in total. The summed E-state index contributed by atoms with van der Waals surface area (Å²) in [4.78, 5) is 32.7. The number of hydrogen-bond acceptors (Lipinski definition) is 7. The Hall–Kier alpha value is -3.62. The molecule has 3 rings (SSSR count). The van der Waals surface area contributed by atoms with E-state index in [4.69, 9.17) is 4.74 Å². The van der Waals surface area contributed by atoms with Crippen LogP contribution in [0.2, 0.25) is 0 Å². The average molecular weight is 511 g/mol. The summed E-state index contributed by atoms with van der Waals surface area (Å²) in [6.07, 6.45) is 3.26. The summed E-state index contributed by atoms with van der Waals surface area (Å²) < 4.78 is 5.62. The summed E-state index contributed by atoms with van der Waals surface area (Å²) >= 11 is 0. The molecule has 37 heavy (non-hydrogen) atoms. The lowest BCUT2D eigenvalue weighted by molar-refractivity contribution is -0.127. The van der Waals surface area contributed by atoms with Gasteiger partial charge in [-0.25, -0.2) is 5.01 Å². The maximum absolute atomic E-state index is 12.9. The molecular weight excluding hydrogens is 468 g/mol. The maximum Gasteiger partial charge on any atom is 0.289 e. The van der Waals surface area contributed by atoms with Gasteiger partial charge in [0.15, 0.2) is 0 Å². The van der Waals surface area contributed by atoms with E-state index in [1.807, 2.05) is 18.7 Å². The SMILES string of the molecule is C=C(CCNC(C)=O)/C(C)=N/N(C)C(=O)C(=C)N1CCN(C(=C)c2ncc3c(c2C)CCO3)CC1.CC. The Labute approximate surface area is 221 Å². The van der Waals surface area contributed by atoms with Crippen molar-refractivity contribution in [2.45, 2.75) is 47.5 Å². The number of likely N-dealkylation sites (N-methyl/N-ethyl adjacent to an activating group) is 1. The van der Waals surface area contributed by atoms with Gasteiger partial charge in [0, 0.05) is 58.7 Å². The molecule has 1 fully saturated rings. The first kappa shape index (κ1) is 29.6. The highest BCUT2D eigenvalue weighted by atomic mass is 16.5. The van der Waals surface area contributed by atoms with Crippen molar-refractivity contribution < 1.29 is 14.3 Å². The highest BCUT2D eigenvalue weighted by Crippen LogP contribution is 2.32. The molecule has 1 N–H and O–H groups in total. The van der Waals surface area contributed by atoms with E-state index in [0.717, 1.165) is 34.7 Å². The van der Waals surface area contributed by atoms with Gasteiger partial charge < -0.3 is 19.9 Å². The molecule has 1 aromatic rings. The Kier molecular flexibility index (Phi) is 10.9. The quantitative estimate of drug-likeness (QED) is 0.311. The summed E-state index contributed by atoms with van der Waals surface area (Å²) in [5, 5.41) is 8.40. The minimum atomic E-state index is -0.262. The van der Waals surface area contributed by atoms with Crippen LogP contribution in [0.5, 0.6) is 5.75 Å². The van der Waals surface area contributed by atoms with Crippen molar-refractivity contribution in [3.05, 3.63) is 54.0 Å². The molecule has 1 aromatic heterocycles. The zero-order chi connectivity index (χ0) is 27.7. The van der Waals surface area contributed by atoms with E-state index < -0.39 is 0 Å². The van der Waals surface area contributed by atoms with Crippen molar-refractivity contribution in [3.63, 3.8) is 0 Å². The molecule has 2 aliphatic heterocycles. The van der Waals surface area contributed by atoms with Gasteiger partial charge in [-0.1, -0.05) is 33.6 Å². The van der Waals surface area contributed by atoms with E-state index in [9.17, 15) is 9.59 Å². The number of carbonyl (C=O) groups is 2. The summed E-state index contributed by atoms with van der Waals surface area (Å²) in [7, 11) is 1.61. The molecule has 0 spiro atoms. The normalized spacial score (nSPS) is 14.6. The number of rotatable bonds is 9. The van der Waals surface area contributed by atoms with E-state index >= 15 is 0 Å². The van der Waals surface area contributed by atoms with Crippen molar-refractivity contribution in [1.82, 2.24) is 25.1 Å². The number of nitrogens with one attached hydrogen (secondary N) is 1. The fourth-order valence-electron chi connectivity index (χ4n) is 4.24. The van der Waals surface area contributed by atoms with Gasteiger partial charge in [0.05, 0.1) is 35.6 Å². The summed E-state index contributed by atoms with van der Waals surface area (Å²) in [6.45, 7) is 25.6. The Morgan fingerprint density at radius 3 is 2.38 bits per heavy atom. The van der Waals surface area contributed by atoms with Crippen molar-refractivity contribution in [3.8, 4) is 5.75 Å². The molecular formula is C28H42N6O3. The lowest BCUT2D eigenvalue weighted by Crippen LogP contribution is -2.47. The van der Waals surface area contributed by atoms with Crippen LogP contribution in [0.25, 0.3) is 5.70 Å². The van der Waals surface area contributed by atoms with Crippen LogP contribution in [0.15, 0.2) is 42.3 Å². The van der Waals surface area contributed by atoms with Crippen LogP contribution in [0.3, 0.4) is 0 Å². The summed E-state index contributed by atoms with van der Waals surface area (Å²) in [6, 6.07) is 0. The Balaban J connectivity index is 0.00000235. The van der Waals surface area contributed by atoms with Crippen LogP contribution in [0.1, 0.15) is 50.9 Å². The number of fused-ring (bicyclic) bond motifs is 1. The zero-order valence-electron chi connectivity index (χ0n) is 23.3. The lowest BCUT2D eigenvalue weighted by Gasteiger charge is -2.38. The smallest absolute Gasteiger partial charge is 0.289 e. The molecule has 0 radical (unpaired) electrons. The molecule has 3 heterocycles. The van der Waals surface area contributed by atoms with Crippen molar-refractivity contribution in [2.75, 3.05) is 46.4 Å². The van der Waals surface area contributed by atoms with Gasteiger partial charge in [-0.15, -0.1) is 0 Å². The Morgan fingerprint density at radius 1 is 1.14 bits per heavy atom. The van der Waals surface area contributed by atoms with Crippen molar-refractivity contribution in [2.24, 2.45) is 5.10 Å². The van der Waals surface area contributed by atoms with Crippen LogP contribution in [0, 0.1) is 6.92 Å². The highest BCUT2D eigenvalue weighted by molar-refractivity contribution is 5.99. The van der Waals surface area contributed by atoms with Gasteiger partial charge in [-0.3, -0.25) is 14.6 Å². The number of ether oxygens (including phenoxy) is 1. The van der Waals surface area contributed by atoms with Gasteiger partial charge in [0.2, 0.25) is 5.91 Å². The topological polar surface area (TPSA) is 90.4 Å². The molecule has 0 atom stereocenters. The number of hydrazone groups is 1. The van der Waals surface area contributed by atoms with E-state index in [0.29, 0.717) is 57.2 Å². The molecule has 2 amide bonds. The van der Waals surface area contributed by atoms with E-state index in [1.165, 1.54) is 17.5 Å². The van der Waals surface area contributed by atoms with E-state index in [1.54, 1.807) is 20.2 Å². The monoisotopic (exact) mass is 510 g/mol. The third-order valence-corrected chi connectivity index (χ3v) is 6.50. The predicted octanol–water partition coefficient (Wildman–Crippen LogP) is 3.37. The second kappa shape index (κ2) is 13.6. The summed E-state index contributed by atoms with van der Waals surface area (Å²) in [5.74, 6) is 0.521. The number of aromatic nitrogens is 1. The minimum Gasteiger partial charge on any atom is -0.491 e. The molecule has 202 valence electrons. The number of pyridine rings is 1. The van der Waals surface area contributed by atoms with Crippen LogP contribution in [0.4, 0.5) is 0 Å². The molecule has 0 aromatic carbocycles. The van der Waals surface area contributed by atoms with Gasteiger partial charge in [-0.05, 0) is 31.4 Å². The second-order valence-corrected chi connectivity index (χ2v) is 8.89. The number of nitrogens with zero attached hydrogens (tertiary/aromatic N) is 5. The first-order valence-electron chi connectivity index (χ1n) is 12.8. The molecule has 0 aliphatic carbocycles. The minimum absolute atomic E-state index is 0.0899. The largest absolute Gasteiger partial charge is 0.491 e. The fourth-order valence-corrected chi connectivity index (χ4v) is 4.24. The van der Waals surface area contributed by atoms with E-state index in [2.05, 4.69) is 47.0 Å². The van der Waals surface area contributed by atoms with Crippen LogP contribution in [-0.4, -0.2) is 83.7 Å². The van der Waals surface area contributed by atoms with Crippen molar-refractivity contribution in [1.29, 1.82) is 0 Å². The van der Waals surface area contributed by atoms with Crippen LogP contribution >= 0.6 is 0 Å². The number of piperazine rings is 1. The van der Waals surface area contributed by atoms with Gasteiger partial charge in [-0.2, -0.15) is 5.10 Å².